The number of rotatable bonds is 5. The summed E-state index contributed by atoms with van der Waals surface area (Å²) < 4.78 is 5.77. The van der Waals surface area contributed by atoms with Crippen LogP contribution < -0.4 is 5.32 Å². The SMILES string of the molecule is CN=C(NCC1CN(C)CCO1)N(C)CCc1cccs1.I. The largest absolute Gasteiger partial charge is 0.374 e. The van der Waals surface area contributed by atoms with Gasteiger partial charge in [-0.25, -0.2) is 0 Å². The van der Waals surface area contributed by atoms with Crippen molar-refractivity contribution in [1.29, 1.82) is 0 Å². The number of morpholine rings is 1. The molecule has 2 rings (SSSR count). The van der Waals surface area contributed by atoms with Gasteiger partial charge < -0.3 is 19.9 Å². The van der Waals surface area contributed by atoms with Crippen LogP contribution in [0.4, 0.5) is 0 Å². The predicted octanol–water partition coefficient (Wildman–Crippen LogP) is 1.75. The first-order chi connectivity index (χ1) is 10.2. The van der Waals surface area contributed by atoms with Crippen LogP contribution in [0, 0.1) is 0 Å². The number of halogens is 1. The Morgan fingerprint density at radius 2 is 2.41 bits per heavy atom. The third kappa shape index (κ3) is 6.39. The number of likely N-dealkylation sites (N-methyl/N-ethyl adjacent to an activating group) is 2. The zero-order valence-electron chi connectivity index (χ0n) is 13.6. The Kier molecular flexibility index (Phi) is 9.30. The van der Waals surface area contributed by atoms with Gasteiger partial charge in [-0.2, -0.15) is 0 Å². The fraction of sp³-hybridized carbons (Fsp3) is 0.667. The number of nitrogens with zero attached hydrogens (tertiary/aromatic N) is 3. The minimum atomic E-state index is 0. The van der Waals surface area contributed by atoms with E-state index in [9.17, 15) is 0 Å². The second-order valence-electron chi connectivity index (χ2n) is 5.43. The van der Waals surface area contributed by atoms with E-state index in [4.69, 9.17) is 4.74 Å². The van der Waals surface area contributed by atoms with Gasteiger partial charge in [-0.05, 0) is 24.9 Å². The molecule has 5 nitrogen and oxygen atoms in total. The van der Waals surface area contributed by atoms with Gasteiger partial charge in [0.2, 0.25) is 0 Å². The van der Waals surface area contributed by atoms with E-state index in [1.807, 2.05) is 18.4 Å². The van der Waals surface area contributed by atoms with E-state index in [0.717, 1.165) is 45.2 Å². The molecule has 1 saturated heterocycles. The molecule has 0 saturated carbocycles. The lowest BCUT2D eigenvalue weighted by Crippen LogP contribution is -2.48. The lowest BCUT2D eigenvalue weighted by atomic mass is 10.3. The third-order valence-electron chi connectivity index (χ3n) is 3.68. The highest BCUT2D eigenvalue weighted by Crippen LogP contribution is 2.09. The molecule has 0 radical (unpaired) electrons. The van der Waals surface area contributed by atoms with E-state index >= 15 is 0 Å². The van der Waals surface area contributed by atoms with Gasteiger partial charge in [0, 0.05) is 45.2 Å². The Hall–Kier alpha value is -0.380. The highest BCUT2D eigenvalue weighted by atomic mass is 127. The zero-order chi connectivity index (χ0) is 15.1. The molecule has 1 fully saturated rings. The number of ether oxygens (including phenoxy) is 1. The molecule has 0 aromatic carbocycles. The topological polar surface area (TPSA) is 40.1 Å². The van der Waals surface area contributed by atoms with Crippen LogP contribution in [0.1, 0.15) is 4.88 Å². The van der Waals surface area contributed by atoms with E-state index < -0.39 is 0 Å². The van der Waals surface area contributed by atoms with Crippen LogP contribution in [-0.2, 0) is 11.2 Å². The molecule has 1 unspecified atom stereocenters. The van der Waals surface area contributed by atoms with Crippen molar-refractivity contribution in [2.45, 2.75) is 12.5 Å². The number of hydrogen-bond donors (Lipinski definition) is 1. The normalized spacial score (nSPS) is 19.6. The van der Waals surface area contributed by atoms with E-state index in [2.05, 4.69) is 51.7 Å². The van der Waals surface area contributed by atoms with Gasteiger partial charge >= 0.3 is 0 Å². The highest BCUT2D eigenvalue weighted by molar-refractivity contribution is 14.0. The Bertz CT molecular complexity index is 441. The molecule has 0 spiro atoms. The van der Waals surface area contributed by atoms with Gasteiger partial charge in [0.1, 0.15) is 0 Å². The van der Waals surface area contributed by atoms with E-state index in [1.54, 1.807) is 0 Å². The monoisotopic (exact) mass is 438 g/mol. The smallest absolute Gasteiger partial charge is 0.193 e. The third-order valence-corrected chi connectivity index (χ3v) is 4.61. The van der Waals surface area contributed by atoms with Gasteiger partial charge in [-0.1, -0.05) is 6.07 Å². The van der Waals surface area contributed by atoms with Gasteiger partial charge in [-0.3, -0.25) is 4.99 Å². The number of hydrogen-bond acceptors (Lipinski definition) is 4. The quantitative estimate of drug-likeness (QED) is 0.432. The molecule has 1 aromatic rings. The summed E-state index contributed by atoms with van der Waals surface area (Å²) in [4.78, 5) is 10.2. The summed E-state index contributed by atoms with van der Waals surface area (Å²) in [6.07, 6.45) is 1.29. The minimum Gasteiger partial charge on any atom is -0.374 e. The summed E-state index contributed by atoms with van der Waals surface area (Å²) in [5.74, 6) is 0.934. The van der Waals surface area contributed by atoms with E-state index in [0.29, 0.717) is 0 Å². The van der Waals surface area contributed by atoms with Crippen molar-refractivity contribution in [3.05, 3.63) is 22.4 Å². The molecule has 1 aromatic heterocycles. The van der Waals surface area contributed by atoms with Crippen molar-refractivity contribution in [3.8, 4) is 0 Å². The van der Waals surface area contributed by atoms with E-state index in [-0.39, 0.29) is 30.1 Å². The van der Waals surface area contributed by atoms with Crippen LogP contribution in [0.5, 0.6) is 0 Å². The average molecular weight is 438 g/mol. The number of thiophene rings is 1. The maximum Gasteiger partial charge on any atom is 0.193 e. The van der Waals surface area contributed by atoms with Crippen LogP contribution >= 0.6 is 35.3 Å². The number of aliphatic imine (C=N–C) groups is 1. The van der Waals surface area contributed by atoms with Gasteiger partial charge in [0.15, 0.2) is 5.96 Å². The molecule has 1 N–H and O–H groups in total. The van der Waals surface area contributed by atoms with E-state index in [1.165, 1.54) is 4.88 Å². The maximum atomic E-state index is 5.77. The molecule has 22 heavy (non-hydrogen) atoms. The molecule has 7 heteroatoms. The second-order valence-corrected chi connectivity index (χ2v) is 6.47. The second kappa shape index (κ2) is 10.4. The molecule has 0 aliphatic carbocycles. The first-order valence-electron chi connectivity index (χ1n) is 7.43. The van der Waals surface area contributed by atoms with Crippen molar-refractivity contribution < 1.29 is 4.74 Å². The fourth-order valence-corrected chi connectivity index (χ4v) is 3.12. The first-order valence-corrected chi connectivity index (χ1v) is 8.31. The summed E-state index contributed by atoms with van der Waals surface area (Å²) in [5, 5.41) is 5.54. The Labute approximate surface area is 154 Å². The standard InChI is InChI=1S/C15H26N4OS.HI/c1-16-15(17-11-13-12-18(2)8-9-20-13)19(3)7-6-14-5-4-10-21-14;/h4-5,10,13H,6-9,11-12H2,1-3H3,(H,16,17);1H. The molecule has 0 bridgehead atoms. The summed E-state index contributed by atoms with van der Waals surface area (Å²) in [6.45, 7) is 4.58. The predicted molar refractivity (Wildman–Crippen MR) is 105 cm³/mol. The van der Waals surface area contributed by atoms with Crippen LogP contribution in [0.2, 0.25) is 0 Å². The van der Waals surface area contributed by atoms with Crippen LogP contribution in [0.3, 0.4) is 0 Å². The Balaban J connectivity index is 0.00000242. The maximum absolute atomic E-state index is 5.77. The average Bonchev–Trinajstić information content (AvgIpc) is 2.99. The van der Waals surface area contributed by atoms with Gasteiger partial charge in [0.25, 0.3) is 0 Å². The molecule has 1 atom stereocenters. The Morgan fingerprint density at radius 3 is 3.05 bits per heavy atom. The van der Waals surface area contributed by atoms with Crippen molar-refractivity contribution >= 4 is 41.3 Å². The molecule has 2 heterocycles. The summed E-state index contributed by atoms with van der Waals surface area (Å²) in [5.41, 5.74) is 0. The summed E-state index contributed by atoms with van der Waals surface area (Å²) in [6, 6.07) is 4.28. The Morgan fingerprint density at radius 1 is 1.59 bits per heavy atom. The molecular formula is C15H27IN4OS. The molecule has 1 aliphatic rings. The number of nitrogens with one attached hydrogen (secondary N) is 1. The molecule has 1 aliphatic heterocycles. The van der Waals surface area contributed by atoms with Crippen molar-refractivity contribution in [2.75, 3.05) is 53.9 Å². The number of guanidine groups is 1. The lowest BCUT2D eigenvalue weighted by Gasteiger charge is -2.31. The minimum absolute atomic E-state index is 0. The summed E-state index contributed by atoms with van der Waals surface area (Å²) in [7, 11) is 6.05. The molecule has 0 amide bonds. The lowest BCUT2D eigenvalue weighted by molar-refractivity contribution is -0.0163. The molecular weight excluding hydrogens is 411 g/mol. The first kappa shape index (κ1) is 19.7. The summed E-state index contributed by atoms with van der Waals surface area (Å²) >= 11 is 1.81. The van der Waals surface area contributed by atoms with Gasteiger partial charge in [0.05, 0.1) is 12.7 Å². The van der Waals surface area contributed by atoms with Gasteiger partial charge in [-0.15, -0.1) is 35.3 Å². The van der Waals surface area contributed by atoms with Crippen LogP contribution in [0.25, 0.3) is 0 Å². The highest BCUT2D eigenvalue weighted by Gasteiger charge is 2.18. The van der Waals surface area contributed by atoms with Crippen LogP contribution in [-0.4, -0.2) is 75.8 Å². The van der Waals surface area contributed by atoms with Crippen LogP contribution in [0.15, 0.2) is 22.5 Å². The van der Waals surface area contributed by atoms with Crippen molar-refractivity contribution in [2.24, 2.45) is 4.99 Å². The van der Waals surface area contributed by atoms with Crippen molar-refractivity contribution in [3.63, 3.8) is 0 Å². The van der Waals surface area contributed by atoms with Crippen molar-refractivity contribution in [1.82, 2.24) is 15.1 Å². The molecule has 126 valence electrons. The fourth-order valence-electron chi connectivity index (χ4n) is 2.42. The zero-order valence-corrected chi connectivity index (χ0v) is 16.8.